The Morgan fingerprint density at radius 2 is 1.42 bits per heavy atom. The zero-order valence-electron chi connectivity index (χ0n) is 25.2. The Labute approximate surface area is 274 Å². The van der Waals surface area contributed by atoms with Gasteiger partial charge in [-0.15, -0.1) is 0 Å². The van der Waals surface area contributed by atoms with Crippen LogP contribution in [-0.4, -0.2) is 50.9 Å². The van der Waals surface area contributed by atoms with Gasteiger partial charge >= 0.3 is 0 Å². The number of methoxy groups -OCH3 is 1. The molecule has 8 nitrogen and oxygen atoms in total. The van der Waals surface area contributed by atoms with Crippen LogP contribution in [0.4, 0.5) is 5.69 Å². The number of hydrogen-bond acceptors (Lipinski definition) is 5. The zero-order chi connectivity index (χ0) is 32.6. The molecule has 0 fully saturated rings. The second-order valence-corrected chi connectivity index (χ2v) is 13.4. The molecule has 0 aliphatic carbocycles. The van der Waals surface area contributed by atoms with E-state index >= 15 is 0 Å². The number of carbonyl (C=O) groups is 2. The minimum atomic E-state index is -4.31. The fourth-order valence-electron chi connectivity index (χ4n) is 4.81. The third kappa shape index (κ3) is 8.78. The molecule has 1 atom stereocenters. The third-order valence-corrected chi connectivity index (χ3v) is 9.25. The predicted octanol–water partition coefficient (Wildman–Crippen LogP) is 6.36. The maximum Gasteiger partial charge on any atom is 0.264 e. The van der Waals surface area contributed by atoms with Crippen molar-refractivity contribution in [3.05, 3.63) is 124 Å². The molecule has 0 bridgehead atoms. The van der Waals surface area contributed by atoms with Gasteiger partial charge in [0, 0.05) is 29.1 Å². The van der Waals surface area contributed by atoms with E-state index in [9.17, 15) is 18.0 Å². The normalized spacial score (nSPS) is 12.0. The average molecular weight is 669 g/mol. The van der Waals surface area contributed by atoms with Gasteiger partial charge in [0.1, 0.15) is 18.3 Å². The molecule has 2 amide bonds. The summed E-state index contributed by atoms with van der Waals surface area (Å²) in [6.45, 7) is 3.05. The lowest BCUT2D eigenvalue weighted by Gasteiger charge is -2.34. The van der Waals surface area contributed by atoms with Gasteiger partial charge in [-0.05, 0) is 67.4 Å². The van der Waals surface area contributed by atoms with Crippen LogP contribution in [0.15, 0.2) is 108 Å². The Hall–Kier alpha value is -4.05. The minimum absolute atomic E-state index is 0.0188. The summed E-state index contributed by atoms with van der Waals surface area (Å²) in [7, 11) is -2.90. The Balaban J connectivity index is 1.84. The minimum Gasteiger partial charge on any atom is -0.495 e. The van der Waals surface area contributed by atoms with Crippen LogP contribution in [0, 0.1) is 0 Å². The molecule has 11 heteroatoms. The van der Waals surface area contributed by atoms with E-state index < -0.39 is 28.5 Å². The molecular weight excluding hydrogens is 633 g/mol. The van der Waals surface area contributed by atoms with Gasteiger partial charge in [-0.3, -0.25) is 13.9 Å². The highest BCUT2D eigenvalue weighted by Crippen LogP contribution is 2.35. The Morgan fingerprint density at radius 1 is 0.822 bits per heavy atom. The molecule has 0 spiro atoms. The first-order valence-electron chi connectivity index (χ1n) is 14.3. The molecular formula is C34H35Cl2N3O5S. The van der Waals surface area contributed by atoms with Crippen molar-refractivity contribution >= 4 is 50.7 Å². The number of hydrogen-bond donors (Lipinski definition) is 1. The van der Waals surface area contributed by atoms with Crippen LogP contribution in [0.1, 0.15) is 25.0 Å². The SMILES string of the molecule is COc1ccc(Cl)cc1N(CC(=O)N(Cc1ccc(Cl)cc1)C(Cc1ccccc1)C(=O)NC(C)C)S(=O)(=O)c1ccccc1. The number of ether oxygens (including phenoxy) is 1. The van der Waals surface area contributed by atoms with E-state index in [4.69, 9.17) is 27.9 Å². The first-order valence-corrected chi connectivity index (χ1v) is 16.5. The molecule has 4 rings (SSSR count). The quantitative estimate of drug-likeness (QED) is 0.179. The number of carbonyl (C=O) groups excluding carboxylic acids is 2. The monoisotopic (exact) mass is 667 g/mol. The van der Waals surface area contributed by atoms with Crippen molar-refractivity contribution in [2.24, 2.45) is 0 Å². The summed E-state index contributed by atoms with van der Waals surface area (Å²) in [5, 5.41) is 3.71. The highest BCUT2D eigenvalue weighted by molar-refractivity contribution is 7.92. The molecule has 0 heterocycles. The first-order chi connectivity index (χ1) is 21.5. The van der Waals surface area contributed by atoms with E-state index in [0.29, 0.717) is 10.6 Å². The van der Waals surface area contributed by atoms with Gasteiger partial charge in [0.2, 0.25) is 11.8 Å². The van der Waals surface area contributed by atoms with Crippen molar-refractivity contribution in [2.75, 3.05) is 18.0 Å². The standard InChI is InChI=1S/C34H35Cl2N3O5S/c1-24(2)37-34(41)31(20-25-10-6-4-7-11-25)38(22-26-14-16-27(35)17-15-26)33(40)23-39(30-21-28(36)18-19-32(30)44-3)45(42,43)29-12-8-5-9-13-29/h4-19,21,24,31H,20,22-23H2,1-3H3,(H,37,41). The Kier molecular flexibility index (Phi) is 11.5. The maximum absolute atomic E-state index is 14.5. The maximum atomic E-state index is 14.5. The number of halogens is 2. The van der Waals surface area contributed by atoms with Crippen molar-refractivity contribution in [1.29, 1.82) is 0 Å². The highest BCUT2D eigenvalue weighted by Gasteiger charge is 2.35. The predicted molar refractivity (Wildman–Crippen MR) is 178 cm³/mol. The molecule has 0 radical (unpaired) electrons. The van der Waals surface area contributed by atoms with E-state index in [2.05, 4.69) is 5.32 Å². The van der Waals surface area contributed by atoms with Gasteiger partial charge in [0.05, 0.1) is 17.7 Å². The third-order valence-electron chi connectivity index (χ3n) is 6.99. The number of rotatable bonds is 13. The smallest absolute Gasteiger partial charge is 0.264 e. The lowest BCUT2D eigenvalue weighted by Crippen LogP contribution is -2.54. The second kappa shape index (κ2) is 15.3. The molecule has 236 valence electrons. The van der Waals surface area contributed by atoms with Gasteiger partial charge < -0.3 is 15.0 Å². The summed E-state index contributed by atoms with van der Waals surface area (Å²) in [5.41, 5.74) is 1.63. The van der Waals surface area contributed by atoms with E-state index in [-0.39, 0.29) is 46.3 Å². The van der Waals surface area contributed by atoms with Crippen molar-refractivity contribution in [2.45, 2.75) is 43.8 Å². The average Bonchev–Trinajstić information content (AvgIpc) is 3.02. The van der Waals surface area contributed by atoms with Gasteiger partial charge in [0.25, 0.3) is 10.0 Å². The zero-order valence-corrected chi connectivity index (χ0v) is 27.5. The van der Waals surface area contributed by atoms with Gasteiger partial charge in [-0.1, -0.05) is 83.9 Å². The highest BCUT2D eigenvalue weighted by atomic mass is 35.5. The number of nitrogens with zero attached hydrogens (tertiary/aromatic N) is 2. The molecule has 0 aliphatic heterocycles. The van der Waals surface area contributed by atoms with Crippen molar-refractivity contribution in [3.8, 4) is 5.75 Å². The fourth-order valence-corrected chi connectivity index (χ4v) is 6.54. The molecule has 1 N–H and O–H groups in total. The molecule has 0 aliphatic rings. The Bertz CT molecular complexity index is 1700. The number of anilines is 1. The lowest BCUT2D eigenvalue weighted by atomic mass is 10.0. The number of benzene rings is 4. The van der Waals surface area contributed by atoms with Crippen LogP contribution in [0.3, 0.4) is 0 Å². The number of nitrogens with one attached hydrogen (secondary N) is 1. The van der Waals surface area contributed by atoms with Crippen LogP contribution < -0.4 is 14.4 Å². The van der Waals surface area contributed by atoms with Crippen LogP contribution in [0.25, 0.3) is 0 Å². The van der Waals surface area contributed by atoms with E-state index in [1.54, 1.807) is 48.5 Å². The summed E-state index contributed by atoms with van der Waals surface area (Å²) < 4.78 is 34.8. The van der Waals surface area contributed by atoms with Crippen molar-refractivity contribution < 1.29 is 22.7 Å². The van der Waals surface area contributed by atoms with Crippen LogP contribution in [-0.2, 0) is 32.6 Å². The van der Waals surface area contributed by atoms with Gasteiger partial charge in [-0.25, -0.2) is 8.42 Å². The summed E-state index contributed by atoms with van der Waals surface area (Å²) in [6.07, 6.45) is 0.199. The summed E-state index contributed by atoms with van der Waals surface area (Å²) in [6, 6.07) is 27.4. The largest absolute Gasteiger partial charge is 0.495 e. The second-order valence-electron chi connectivity index (χ2n) is 10.7. The molecule has 4 aromatic carbocycles. The van der Waals surface area contributed by atoms with E-state index in [0.717, 1.165) is 9.87 Å². The summed E-state index contributed by atoms with van der Waals surface area (Å²) in [4.78, 5) is 29.7. The number of amides is 2. The van der Waals surface area contributed by atoms with Gasteiger partial charge in [0.15, 0.2) is 0 Å². The lowest BCUT2D eigenvalue weighted by molar-refractivity contribution is -0.140. The van der Waals surface area contributed by atoms with Crippen LogP contribution in [0.2, 0.25) is 10.0 Å². The summed E-state index contributed by atoms with van der Waals surface area (Å²) >= 11 is 12.5. The van der Waals surface area contributed by atoms with Crippen molar-refractivity contribution in [3.63, 3.8) is 0 Å². The molecule has 0 saturated carbocycles. The molecule has 0 saturated heterocycles. The Morgan fingerprint density at radius 3 is 2.02 bits per heavy atom. The molecule has 45 heavy (non-hydrogen) atoms. The first kappa shape index (κ1) is 33.8. The van der Waals surface area contributed by atoms with Crippen LogP contribution >= 0.6 is 23.2 Å². The van der Waals surface area contributed by atoms with Crippen molar-refractivity contribution in [1.82, 2.24) is 10.2 Å². The molecule has 4 aromatic rings. The van der Waals surface area contributed by atoms with E-state index in [1.807, 2.05) is 44.2 Å². The van der Waals surface area contributed by atoms with E-state index in [1.165, 1.54) is 36.3 Å². The molecule has 1 unspecified atom stereocenters. The fraction of sp³-hybridized carbons (Fsp3) is 0.235. The topological polar surface area (TPSA) is 96.0 Å². The van der Waals surface area contributed by atoms with Gasteiger partial charge in [-0.2, -0.15) is 0 Å². The summed E-state index contributed by atoms with van der Waals surface area (Å²) in [5.74, 6) is -0.769. The number of sulfonamides is 1. The van der Waals surface area contributed by atoms with Crippen LogP contribution in [0.5, 0.6) is 5.75 Å². The molecule has 0 aromatic heterocycles.